The highest BCUT2D eigenvalue weighted by molar-refractivity contribution is 7.92. The summed E-state index contributed by atoms with van der Waals surface area (Å²) in [6.45, 7) is 0. The van der Waals surface area contributed by atoms with Gasteiger partial charge in [-0.2, -0.15) is 0 Å². The molecule has 13 heteroatoms. The fraction of sp³-hybridized carbons (Fsp3) is 0.0769. The first-order valence-electron chi connectivity index (χ1n) is 11.5. The van der Waals surface area contributed by atoms with Gasteiger partial charge in [-0.15, -0.1) is 5.10 Å². The molecule has 0 fully saturated rings. The number of rotatable bonds is 7. The van der Waals surface area contributed by atoms with E-state index in [1.165, 1.54) is 9.52 Å². The number of aromatic nitrogens is 4. The van der Waals surface area contributed by atoms with Crippen LogP contribution in [0.25, 0.3) is 28.0 Å². The molecule has 5 aromatic rings. The van der Waals surface area contributed by atoms with E-state index in [-0.39, 0.29) is 17.0 Å². The Balaban J connectivity index is 1.75. The van der Waals surface area contributed by atoms with E-state index in [1.807, 2.05) is 18.2 Å². The van der Waals surface area contributed by atoms with Crippen molar-refractivity contribution >= 4 is 56.4 Å². The minimum Gasteiger partial charge on any atom is -0.271 e. The van der Waals surface area contributed by atoms with Gasteiger partial charge < -0.3 is 0 Å². The normalized spacial score (nSPS) is 11.4. The van der Waals surface area contributed by atoms with Crippen molar-refractivity contribution in [1.29, 1.82) is 0 Å². The maximum absolute atomic E-state index is 13.6. The zero-order chi connectivity index (χ0) is 27.7. The summed E-state index contributed by atoms with van der Waals surface area (Å²) in [5, 5.41) is 6.92. The van der Waals surface area contributed by atoms with Crippen molar-refractivity contribution in [2.75, 3.05) is 23.0 Å². The highest BCUT2D eigenvalue weighted by atomic mass is 35.5. The molecule has 0 aliphatic rings. The summed E-state index contributed by atoms with van der Waals surface area (Å²) >= 11 is 12.7. The number of anilines is 2. The van der Waals surface area contributed by atoms with E-state index in [4.69, 9.17) is 23.2 Å². The minimum absolute atomic E-state index is 0.0795. The first-order valence-corrected chi connectivity index (χ1v) is 14.1. The van der Waals surface area contributed by atoms with Gasteiger partial charge in [0, 0.05) is 46.2 Å². The number of carbonyl (C=O) groups excluding carboxylic acids is 1. The molecule has 39 heavy (non-hydrogen) atoms. The Morgan fingerprint density at radius 3 is 2.33 bits per heavy atom. The number of hydrogen-bond donors (Lipinski definition) is 2. The van der Waals surface area contributed by atoms with Crippen molar-refractivity contribution in [1.82, 2.24) is 25.0 Å². The first-order chi connectivity index (χ1) is 18.6. The predicted molar refractivity (Wildman–Crippen MR) is 152 cm³/mol. The third-order valence-corrected chi connectivity index (χ3v) is 6.84. The summed E-state index contributed by atoms with van der Waals surface area (Å²) in [4.78, 5) is 22.3. The number of fused-ring (bicyclic) bond motifs is 1. The third-order valence-electron chi connectivity index (χ3n) is 5.70. The smallest absolute Gasteiger partial charge is 0.271 e. The van der Waals surface area contributed by atoms with E-state index in [0.717, 1.165) is 6.26 Å². The van der Waals surface area contributed by atoms with Crippen LogP contribution in [0.3, 0.4) is 0 Å². The van der Waals surface area contributed by atoms with Gasteiger partial charge in [-0.05, 0) is 30.3 Å². The monoisotopic (exact) mass is 581 g/mol. The van der Waals surface area contributed by atoms with E-state index in [2.05, 4.69) is 25.2 Å². The SMILES string of the molecule is CN(NC(=O)c1c(NS(C)(=O)=O)nn2c(-c3ccc(Cl)cc3)c(-c3ccccc3Cl)cnc12)c1ccccn1. The Kier molecular flexibility index (Phi) is 7.13. The van der Waals surface area contributed by atoms with Crippen LogP contribution in [0.4, 0.5) is 11.6 Å². The van der Waals surface area contributed by atoms with Crippen molar-refractivity contribution in [3.05, 3.63) is 94.7 Å². The Labute approximate surface area is 234 Å². The van der Waals surface area contributed by atoms with Crippen molar-refractivity contribution in [3.63, 3.8) is 0 Å². The van der Waals surface area contributed by atoms with E-state index in [9.17, 15) is 13.2 Å². The van der Waals surface area contributed by atoms with Crippen LogP contribution in [-0.4, -0.2) is 47.2 Å². The lowest BCUT2D eigenvalue weighted by molar-refractivity contribution is 0.0953. The number of halogens is 2. The fourth-order valence-corrected chi connectivity index (χ4v) is 4.88. The molecular formula is C26H21Cl2N7O3S. The van der Waals surface area contributed by atoms with Crippen LogP contribution in [-0.2, 0) is 10.0 Å². The molecule has 0 aliphatic carbocycles. The first kappa shape index (κ1) is 26.4. The van der Waals surface area contributed by atoms with Gasteiger partial charge >= 0.3 is 0 Å². The topological polar surface area (TPSA) is 122 Å². The number of benzene rings is 2. The highest BCUT2D eigenvalue weighted by Crippen LogP contribution is 2.37. The summed E-state index contributed by atoms with van der Waals surface area (Å²) in [5.74, 6) is -0.372. The van der Waals surface area contributed by atoms with Crippen molar-refractivity contribution < 1.29 is 13.2 Å². The third kappa shape index (κ3) is 5.51. The average Bonchev–Trinajstić information content (AvgIpc) is 3.26. The number of sulfonamides is 1. The average molecular weight is 582 g/mol. The Bertz CT molecular complexity index is 1790. The van der Waals surface area contributed by atoms with Gasteiger partial charge in [-0.3, -0.25) is 20.0 Å². The summed E-state index contributed by atoms with van der Waals surface area (Å²) < 4.78 is 28.3. The van der Waals surface area contributed by atoms with Crippen LogP contribution < -0.4 is 15.2 Å². The lowest BCUT2D eigenvalue weighted by Gasteiger charge is -2.19. The standard InChI is InChI=1S/C26H21Cl2N7O3S/c1-34(21-9-5-6-14-29-21)32-26(36)22-24(33-39(2,37)38)31-35-23(16-10-12-17(27)13-11-16)19(15-30-25(22)35)18-7-3-4-8-20(18)28/h3-15H,1-2H3,(H,31,33)(H,32,36). The number of pyridine rings is 1. The zero-order valence-electron chi connectivity index (χ0n) is 20.6. The molecule has 2 N–H and O–H groups in total. The summed E-state index contributed by atoms with van der Waals surface area (Å²) in [6.07, 6.45) is 4.13. The van der Waals surface area contributed by atoms with Gasteiger partial charge in [0.25, 0.3) is 5.91 Å². The van der Waals surface area contributed by atoms with Crippen molar-refractivity contribution in [2.45, 2.75) is 0 Å². The molecule has 10 nitrogen and oxygen atoms in total. The zero-order valence-corrected chi connectivity index (χ0v) is 23.0. The molecule has 5 rings (SSSR count). The molecular weight excluding hydrogens is 561 g/mol. The number of nitrogens with zero attached hydrogens (tertiary/aromatic N) is 5. The van der Waals surface area contributed by atoms with Crippen molar-refractivity contribution in [3.8, 4) is 22.4 Å². The Hall–Kier alpha value is -4.19. The van der Waals surface area contributed by atoms with Crippen LogP contribution in [0.15, 0.2) is 79.1 Å². The molecule has 0 spiro atoms. The second-order valence-corrected chi connectivity index (χ2v) is 11.1. The largest absolute Gasteiger partial charge is 0.277 e. The van der Waals surface area contributed by atoms with Crippen LogP contribution in [0, 0.1) is 0 Å². The summed E-state index contributed by atoms with van der Waals surface area (Å²) in [5.41, 5.74) is 5.24. The van der Waals surface area contributed by atoms with Gasteiger partial charge in [0.05, 0.1) is 11.9 Å². The molecule has 0 unspecified atom stereocenters. The van der Waals surface area contributed by atoms with E-state index >= 15 is 0 Å². The van der Waals surface area contributed by atoms with Gasteiger partial charge in [0.15, 0.2) is 11.5 Å². The lowest BCUT2D eigenvalue weighted by Crippen LogP contribution is -2.40. The van der Waals surface area contributed by atoms with E-state index in [0.29, 0.717) is 38.2 Å². The lowest BCUT2D eigenvalue weighted by atomic mass is 10.0. The van der Waals surface area contributed by atoms with Crippen LogP contribution in [0.5, 0.6) is 0 Å². The molecule has 0 saturated carbocycles. The van der Waals surface area contributed by atoms with Gasteiger partial charge in [-0.25, -0.2) is 22.9 Å². The quantitative estimate of drug-likeness (QED) is 0.262. The number of nitrogens with one attached hydrogen (secondary N) is 2. The number of amides is 1. The minimum atomic E-state index is -3.81. The molecule has 0 saturated heterocycles. The molecule has 2 aromatic carbocycles. The maximum Gasteiger partial charge on any atom is 0.277 e. The fourth-order valence-electron chi connectivity index (χ4n) is 4.02. The molecule has 3 heterocycles. The van der Waals surface area contributed by atoms with Crippen molar-refractivity contribution in [2.24, 2.45) is 0 Å². The molecule has 3 aromatic heterocycles. The van der Waals surface area contributed by atoms with Crippen LogP contribution >= 0.6 is 23.2 Å². The van der Waals surface area contributed by atoms with Gasteiger partial charge in [-0.1, -0.05) is 59.6 Å². The second kappa shape index (κ2) is 10.5. The Morgan fingerprint density at radius 1 is 0.949 bits per heavy atom. The van der Waals surface area contributed by atoms with E-state index < -0.39 is 15.9 Å². The van der Waals surface area contributed by atoms with Gasteiger partial charge in [0.2, 0.25) is 10.0 Å². The summed E-state index contributed by atoms with van der Waals surface area (Å²) in [7, 11) is -2.20. The maximum atomic E-state index is 13.6. The molecule has 198 valence electrons. The van der Waals surface area contributed by atoms with E-state index in [1.54, 1.807) is 68.0 Å². The molecule has 0 aliphatic heterocycles. The molecule has 0 bridgehead atoms. The second-order valence-electron chi connectivity index (χ2n) is 8.53. The molecule has 0 atom stereocenters. The highest BCUT2D eigenvalue weighted by Gasteiger charge is 2.27. The number of hydrazine groups is 1. The van der Waals surface area contributed by atoms with Crippen LogP contribution in [0.2, 0.25) is 10.0 Å². The Morgan fingerprint density at radius 2 is 1.67 bits per heavy atom. The number of hydrogen-bond acceptors (Lipinski definition) is 7. The summed E-state index contributed by atoms with van der Waals surface area (Å²) in [6, 6.07) is 19.5. The predicted octanol–water partition coefficient (Wildman–Crippen LogP) is 4.92. The molecule has 1 amide bonds. The van der Waals surface area contributed by atoms with Crippen LogP contribution in [0.1, 0.15) is 10.4 Å². The van der Waals surface area contributed by atoms with Gasteiger partial charge in [0.1, 0.15) is 11.4 Å². The molecule has 0 radical (unpaired) electrons. The number of carbonyl (C=O) groups is 1.